The van der Waals surface area contributed by atoms with E-state index in [0.29, 0.717) is 6.04 Å². The quantitative estimate of drug-likeness (QED) is 0.288. The maximum Gasteiger partial charge on any atom is 0.119 e. The van der Waals surface area contributed by atoms with E-state index in [1.807, 2.05) is 0 Å². The molecule has 4 nitrogen and oxygen atoms in total. The Morgan fingerprint density at radius 3 is 2.65 bits per heavy atom. The average molecular weight is 469 g/mol. The third-order valence-corrected chi connectivity index (χ3v) is 8.00. The Morgan fingerprint density at radius 2 is 2.03 bits per heavy atom. The van der Waals surface area contributed by atoms with Gasteiger partial charge in [-0.1, -0.05) is 31.2 Å². The topological polar surface area (TPSA) is 33.7 Å². The molecule has 4 heteroatoms. The third kappa shape index (κ3) is 6.33. The van der Waals surface area contributed by atoms with Gasteiger partial charge in [-0.3, -0.25) is 4.90 Å². The molecule has 34 heavy (non-hydrogen) atoms. The highest BCUT2D eigenvalue weighted by Crippen LogP contribution is 2.46. The second kappa shape index (κ2) is 12.9. The first-order chi connectivity index (χ1) is 16.5. The van der Waals surface area contributed by atoms with Crippen molar-refractivity contribution in [3.63, 3.8) is 0 Å². The largest absolute Gasteiger partial charge is 0.497 e. The lowest BCUT2D eigenvalue weighted by Gasteiger charge is -2.52. The van der Waals surface area contributed by atoms with Crippen LogP contribution in [0.3, 0.4) is 0 Å². The van der Waals surface area contributed by atoms with Gasteiger partial charge in [-0.25, -0.2) is 0 Å². The summed E-state index contributed by atoms with van der Waals surface area (Å²) >= 11 is 0. The van der Waals surface area contributed by atoms with Crippen molar-refractivity contribution >= 4 is 0 Å². The second-order valence-corrected chi connectivity index (χ2v) is 10.1. The van der Waals surface area contributed by atoms with Crippen LogP contribution in [0.4, 0.5) is 0 Å². The molecule has 1 aromatic carbocycles. The van der Waals surface area contributed by atoms with Crippen molar-refractivity contribution in [1.82, 2.24) is 10.2 Å². The van der Waals surface area contributed by atoms with Crippen LogP contribution in [0.25, 0.3) is 0 Å². The highest BCUT2D eigenvalue weighted by atomic mass is 16.5. The average Bonchev–Trinajstić information content (AvgIpc) is 3.68. The van der Waals surface area contributed by atoms with Gasteiger partial charge in [0.05, 0.1) is 13.2 Å². The summed E-state index contributed by atoms with van der Waals surface area (Å²) in [5, 5.41) is 3.74. The molecule has 2 aliphatic rings. The van der Waals surface area contributed by atoms with Crippen molar-refractivity contribution in [2.75, 3.05) is 39.9 Å². The summed E-state index contributed by atoms with van der Waals surface area (Å²) in [6.45, 7) is 16.0. The zero-order valence-corrected chi connectivity index (χ0v) is 22.5. The Balaban J connectivity index is 1.94. The zero-order valence-electron chi connectivity index (χ0n) is 22.5. The van der Waals surface area contributed by atoms with Crippen LogP contribution in [-0.2, 0) is 16.6 Å². The predicted octanol–water partition coefficient (Wildman–Crippen LogP) is 5.91. The fourth-order valence-corrected chi connectivity index (χ4v) is 5.87. The van der Waals surface area contributed by atoms with Gasteiger partial charge in [0.25, 0.3) is 0 Å². The first kappa shape index (κ1) is 27.0. The van der Waals surface area contributed by atoms with E-state index >= 15 is 0 Å². The fourth-order valence-electron chi connectivity index (χ4n) is 5.87. The maximum atomic E-state index is 6.68. The van der Waals surface area contributed by atoms with E-state index in [2.05, 4.69) is 81.3 Å². The van der Waals surface area contributed by atoms with Crippen molar-refractivity contribution in [2.24, 2.45) is 5.92 Å². The molecule has 1 aliphatic heterocycles. The van der Waals surface area contributed by atoms with Gasteiger partial charge < -0.3 is 14.8 Å². The van der Waals surface area contributed by atoms with Crippen LogP contribution in [0.2, 0.25) is 0 Å². The van der Waals surface area contributed by atoms with Crippen molar-refractivity contribution < 1.29 is 9.47 Å². The molecule has 0 aromatic heterocycles. The van der Waals surface area contributed by atoms with Gasteiger partial charge in [0.1, 0.15) is 5.75 Å². The first-order valence-corrected chi connectivity index (χ1v) is 13.5. The molecule has 3 atom stereocenters. The van der Waals surface area contributed by atoms with Gasteiger partial charge in [-0.2, -0.15) is 0 Å². The third-order valence-electron chi connectivity index (χ3n) is 8.00. The SMILES string of the molecule is C/C=C\C(=C/C)CNCCC1(c2cc(OC)ccc2CC)CCN(CC2CC2)C(C)C1OCC. The molecule has 0 amide bonds. The molecule has 1 aliphatic carbocycles. The van der Waals surface area contributed by atoms with Gasteiger partial charge in [-0.15, -0.1) is 0 Å². The van der Waals surface area contributed by atoms with Crippen LogP contribution < -0.4 is 10.1 Å². The van der Waals surface area contributed by atoms with Crippen molar-refractivity contribution in [2.45, 2.75) is 84.3 Å². The van der Waals surface area contributed by atoms with Gasteiger partial charge in [0.15, 0.2) is 0 Å². The van der Waals surface area contributed by atoms with Gasteiger partial charge >= 0.3 is 0 Å². The molecule has 3 unspecified atom stereocenters. The van der Waals surface area contributed by atoms with Crippen LogP contribution >= 0.6 is 0 Å². The number of hydrogen-bond acceptors (Lipinski definition) is 4. The molecule has 1 aromatic rings. The molecule has 0 spiro atoms. The Bertz CT molecular complexity index is 829. The molecule has 1 N–H and O–H groups in total. The van der Waals surface area contributed by atoms with Crippen LogP contribution in [-0.4, -0.2) is 56.9 Å². The van der Waals surface area contributed by atoms with Gasteiger partial charge in [0.2, 0.25) is 0 Å². The second-order valence-electron chi connectivity index (χ2n) is 10.1. The Labute approximate surface area is 208 Å². The number of allylic oxidation sites excluding steroid dienone is 2. The number of benzene rings is 1. The van der Waals surface area contributed by atoms with Gasteiger partial charge in [-0.05, 0) is 108 Å². The van der Waals surface area contributed by atoms with E-state index in [4.69, 9.17) is 9.47 Å². The number of methoxy groups -OCH3 is 1. The van der Waals surface area contributed by atoms with Crippen molar-refractivity contribution in [3.8, 4) is 5.75 Å². The molecular weight excluding hydrogens is 420 g/mol. The molecule has 0 bridgehead atoms. The number of hydrogen-bond donors (Lipinski definition) is 1. The summed E-state index contributed by atoms with van der Waals surface area (Å²) < 4.78 is 12.4. The molecule has 190 valence electrons. The normalized spacial score (nSPS) is 26.4. The fraction of sp³-hybridized carbons (Fsp3) is 0.667. The van der Waals surface area contributed by atoms with Crippen LogP contribution in [0, 0.1) is 5.92 Å². The highest BCUT2D eigenvalue weighted by Gasteiger charge is 2.49. The summed E-state index contributed by atoms with van der Waals surface area (Å²) in [6.07, 6.45) is 12.7. The summed E-state index contributed by atoms with van der Waals surface area (Å²) in [5.74, 6) is 1.85. The summed E-state index contributed by atoms with van der Waals surface area (Å²) in [4.78, 5) is 2.71. The smallest absolute Gasteiger partial charge is 0.119 e. The number of rotatable bonds is 13. The summed E-state index contributed by atoms with van der Waals surface area (Å²) in [7, 11) is 1.78. The minimum atomic E-state index is -0.0287. The number of ether oxygens (including phenoxy) is 2. The number of nitrogens with zero attached hydrogens (tertiary/aromatic N) is 1. The summed E-state index contributed by atoms with van der Waals surface area (Å²) in [5.41, 5.74) is 4.17. The standard InChI is InChI=1S/C30H48N2O2/c1-7-11-24(8-2)21-31-18-16-30(28-20-27(33-6)15-14-26(28)9-3)17-19-32(22-25-12-13-25)23(5)29(30)34-10-4/h7-8,11,14-15,20,23,25,29,31H,9-10,12-13,16-19,21-22H2,1-6H3/b11-7-,24-8+. The highest BCUT2D eigenvalue weighted by molar-refractivity contribution is 5.43. The number of aryl methyl sites for hydroxylation is 1. The van der Waals surface area contributed by atoms with E-state index in [-0.39, 0.29) is 11.5 Å². The molecule has 0 radical (unpaired) electrons. The number of likely N-dealkylation sites (tertiary alicyclic amines) is 1. The van der Waals surface area contributed by atoms with Crippen molar-refractivity contribution in [3.05, 3.63) is 53.1 Å². The van der Waals surface area contributed by atoms with Gasteiger partial charge in [0, 0.05) is 31.2 Å². The first-order valence-electron chi connectivity index (χ1n) is 13.5. The molecular formula is C30H48N2O2. The number of nitrogens with one attached hydrogen (secondary N) is 1. The van der Waals surface area contributed by atoms with E-state index in [0.717, 1.165) is 57.2 Å². The predicted molar refractivity (Wildman–Crippen MR) is 144 cm³/mol. The Hall–Kier alpha value is -1.62. The van der Waals surface area contributed by atoms with E-state index in [9.17, 15) is 0 Å². The van der Waals surface area contributed by atoms with Crippen LogP contribution in [0.1, 0.15) is 71.4 Å². The zero-order chi connectivity index (χ0) is 24.6. The Morgan fingerprint density at radius 1 is 1.24 bits per heavy atom. The van der Waals surface area contributed by atoms with Crippen molar-refractivity contribution in [1.29, 1.82) is 0 Å². The lowest BCUT2D eigenvalue weighted by Crippen LogP contribution is -2.60. The Kier molecular flexibility index (Phi) is 10.2. The monoisotopic (exact) mass is 468 g/mol. The maximum absolute atomic E-state index is 6.68. The molecule has 1 heterocycles. The minimum absolute atomic E-state index is 0.0287. The van der Waals surface area contributed by atoms with Crippen LogP contribution in [0.5, 0.6) is 5.75 Å². The van der Waals surface area contributed by atoms with E-state index in [1.165, 1.54) is 36.1 Å². The molecule has 2 fully saturated rings. The number of piperidine rings is 1. The minimum Gasteiger partial charge on any atom is -0.497 e. The van der Waals surface area contributed by atoms with Crippen LogP contribution in [0.15, 0.2) is 42.0 Å². The van der Waals surface area contributed by atoms with E-state index < -0.39 is 0 Å². The molecule has 1 saturated heterocycles. The summed E-state index contributed by atoms with van der Waals surface area (Å²) in [6, 6.07) is 7.10. The molecule has 1 saturated carbocycles. The lowest BCUT2D eigenvalue weighted by atomic mass is 9.64. The van der Waals surface area contributed by atoms with E-state index in [1.54, 1.807) is 7.11 Å². The lowest BCUT2D eigenvalue weighted by molar-refractivity contribution is -0.0872. The molecule has 3 rings (SSSR count).